The van der Waals surface area contributed by atoms with Gasteiger partial charge in [0, 0.05) is 17.4 Å². The van der Waals surface area contributed by atoms with Gasteiger partial charge in [-0.3, -0.25) is 9.59 Å². The molecule has 0 fully saturated rings. The van der Waals surface area contributed by atoms with Crippen LogP contribution in [-0.2, 0) is 6.42 Å². The number of carbonyl (C=O) groups excluding carboxylic acids is 2. The largest absolute Gasteiger partial charge is 0.321 e. The summed E-state index contributed by atoms with van der Waals surface area (Å²) in [5, 5.41) is 2.65. The van der Waals surface area contributed by atoms with Crippen LogP contribution >= 0.6 is 0 Å². The number of hydrogen-bond donors (Lipinski definition) is 1. The number of halogens is 1. The molecular weight excluding hydrogens is 357 g/mol. The van der Waals surface area contributed by atoms with Gasteiger partial charge in [0.15, 0.2) is 0 Å². The number of hydrogen-bond acceptors (Lipinski definition) is 3. The van der Waals surface area contributed by atoms with Crippen molar-refractivity contribution in [2.45, 2.75) is 19.4 Å². The second-order valence-electron chi connectivity index (χ2n) is 6.73. The maximum atomic E-state index is 13.1. The number of nitrogens with one attached hydrogen (secondary N) is 1. The molecule has 1 unspecified atom stereocenters. The van der Waals surface area contributed by atoms with E-state index >= 15 is 0 Å². The lowest BCUT2D eigenvalue weighted by molar-refractivity contribution is 0.0976. The lowest BCUT2D eigenvalue weighted by atomic mass is 10.1. The van der Waals surface area contributed by atoms with E-state index in [0.717, 1.165) is 17.7 Å². The van der Waals surface area contributed by atoms with E-state index in [1.807, 2.05) is 31.2 Å². The highest BCUT2D eigenvalue weighted by Crippen LogP contribution is 2.32. The average molecular weight is 375 g/mol. The standard InChI is InChI=1S/C22H18FN3O2/c1-14-13-15-5-2-3-8-20(15)26(14)22(28)19-7-4-6-18(25-19)21(27)24-17-11-9-16(23)10-12-17/h2-12,14H,13H2,1H3,(H,24,27). The van der Waals surface area contributed by atoms with Crippen molar-refractivity contribution in [1.82, 2.24) is 4.98 Å². The van der Waals surface area contributed by atoms with Gasteiger partial charge in [-0.1, -0.05) is 24.3 Å². The molecule has 0 radical (unpaired) electrons. The lowest BCUT2D eigenvalue weighted by Gasteiger charge is -2.22. The molecule has 1 N–H and O–H groups in total. The van der Waals surface area contributed by atoms with Crippen molar-refractivity contribution in [3.63, 3.8) is 0 Å². The Balaban J connectivity index is 1.57. The highest BCUT2D eigenvalue weighted by molar-refractivity contribution is 6.08. The van der Waals surface area contributed by atoms with E-state index in [1.54, 1.807) is 17.0 Å². The van der Waals surface area contributed by atoms with Gasteiger partial charge in [0.1, 0.15) is 17.2 Å². The van der Waals surface area contributed by atoms with Gasteiger partial charge in [0.05, 0.1) is 0 Å². The number of benzene rings is 2. The Bertz CT molecular complexity index is 1050. The fourth-order valence-electron chi connectivity index (χ4n) is 3.41. The van der Waals surface area contributed by atoms with E-state index in [1.165, 1.54) is 30.3 Å². The van der Waals surface area contributed by atoms with Crippen LogP contribution in [0.15, 0.2) is 66.7 Å². The number of anilines is 2. The molecule has 0 bridgehead atoms. The summed E-state index contributed by atoms with van der Waals surface area (Å²) >= 11 is 0. The molecule has 2 amide bonds. The third-order valence-corrected chi connectivity index (χ3v) is 4.73. The van der Waals surface area contributed by atoms with Crippen LogP contribution in [0.25, 0.3) is 0 Å². The summed E-state index contributed by atoms with van der Waals surface area (Å²) in [6, 6.07) is 18.0. The summed E-state index contributed by atoms with van der Waals surface area (Å²) in [6.07, 6.45) is 0.784. The minimum absolute atomic E-state index is 0.0170. The first-order valence-electron chi connectivity index (χ1n) is 8.98. The number of rotatable bonds is 3. The third kappa shape index (κ3) is 3.36. The van der Waals surface area contributed by atoms with Crippen LogP contribution in [0, 0.1) is 5.82 Å². The normalized spacial score (nSPS) is 15.2. The zero-order valence-corrected chi connectivity index (χ0v) is 15.2. The molecule has 1 aliphatic heterocycles. The number of fused-ring (bicyclic) bond motifs is 1. The molecule has 1 aromatic heterocycles. The van der Waals surface area contributed by atoms with Gasteiger partial charge in [0.2, 0.25) is 0 Å². The monoisotopic (exact) mass is 375 g/mol. The molecule has 1 atom stereocenters. The Morgan fingerprint density at radius 1 is 1.00 bits per heavy atom. The summed E-state index contributed by atoms with van der Waals surface area (Å²) in [5.74, 6) is -1.09. The van der Waals surface area contributed by atoms with Crippen molar-refractivity contribution in [3.8, 4) is 0 Å². The van der Waals surface area contributed by atoms with Gasteiger partial charge in [-0.2, -0.15) is 0 Å². The molecule has 6 heteroatoms. The van der Waals surface area contributed by atoms with Gasteiger partial charge in [-0.05, 0) is 61.4 Å². The third-order valence-electron chi connectivity index (χ3n) is 4.73. The molecule has 140 valence electrons. The van der Waals surface area contributed by atoms with E-state index in [9.17, 15) is 14.0 Å². The maximum absolute atomic E-state index is 13.1. The van der Waals surface area contributed by atoms with Crippen molar-refractivity contribution in [3.05, 3.63) is 89.5 Å². The molecule has 0 saturated carbocycles. The van der Waals surface area contributed by atoms with Crippen LogP contribution in [0.2, 0.25) is 0 Å². The highest BCUT2D eigenvalue weighted by atomic mass is 19.1. The number of pyridine rings is 1. The van der Waals surface area contributed by atoms with E-state index in [4.69, 9.17) is 0 Å². The second-order valence-corrected chi connectivity index (χ2v) is 6.73. The fourth-order valence-corrected chi connectivity index (χ4v) is 3.41. The number of amides is 2. The first-order valence-corrected chi connectivity index (χ1v) is 8.98. The van der Waals surface area contributed by atoms with Gasteiger partial charge in [-0.25, -0.2) is 9.37 Å². The Morgan fingerprint density at radius 3 is 2.50 bits per heavy atom. The summed E-state index contributed by atoms with van der Waals surface area (Å²) < 4.78 is 13.0. The van der Waals surface area contributed by atoms with Crippen LogP contribution in [-0.4, -0.2) is 22.8 Å². The minimum atomic E-state index is -0.462. The topological polar surface area (TPSA) is 62.3 Å². The summed E-state index contributed by atoms with van der Waals surface area (Å²) in [4.78, 5) is 31.5. The number of aromatic nitrogens is 1. The highest BCUT2D eigenvalue weighted by Gasteiger charge is 2.32. The number of carbonyl (C=O) groups is 2. The van der Waals surface area contributed by atoms with Crippen molar-refractivity contribution < 1.29 is 14.0 Å². The van der Waals surface area contributed by atoms with Crippen molar-refractivity contribution in [2.24, 2.45) is 0 Å². The smallest absolute Gasteiger partial charge is 0.277 e. The molecule has 0 spiro atoms. The van der Waals surface area contributed by atoms with Gasteiger partial charge < -0.3 is 10.2 Å². The molecule has 2 heterocycles. The molecular formula is C22H18FN3O2. The first kappa shape index (κ1) is 17.9. The molecule has 2 aromatic carbocycles. The quantitative estimate of drug-likeness (QED) is 0.751. The van der Waals surface area contributed by atoms with Crippen LogP contribution in [0.4, 0.5) is 15.8 Å². The first-order chi connectivity index (χ1) is 13.5. The molecule has 0 saturated heterocycles. The predicted octanol–water partition coefficient (Wildman–Crippen LogP) is 4.06. The van der Waals surface area contributed by atoms with Crippen molar-refractivity contribution in [1.29, 1.82) is 0 Å². The Labute approximate surface area is 161 Å². The fraction of sp³-hybridized carbons (Fsp3) is 0.136. The Hall–Kier alpha value is -3.54. The van der Waals surface area contributed by atoms with Crippen LogP contribution in [0.5, 0.6) is 0 Å². The zero-order valence-electron chi connectivity index (χ0n) is 15.2. The number of nitrogens with zero attached hydrogens (tertiary/aromatic N) is 2. The molecule has 3 aromatic rings. The zero-order chi connectivity index (χ0) is 19.7. The van der Waals surface area contributed by atoms with Crippen LogP contribution in [0.1, 0.15) is 33.5 Å². The van der Waals surface area contributed by atoms with Gasteiger partial charge in [0.25, 0.3) is 11.8 Å². The second kappa shape index (κ2) is 7.23. The van der Waals surface area contributed by atoms with E-state index in [2.05, 4.69) is 10.3 Å². The average Bonchev–Trinajstić information content (AvgIpc) is 3.05. The van der Waals surface area contributed by atoms with Crippen LogP contribution < -0.4 is 10.2 Å². The van der Waals surface area contributed by atoms with E-state index < -0.39 is 5.91 Å². The molecule has 0 aliphatic carbocycles. The van der Waals surface area contributed by atoms with Crippen LogP contribution in [0.3, 0.4) is 0 Å². The van der Waals surface area contributed by atoms with E-state index in [0.29, 0.717) is 5.69 Å². The maximum Gasteiger partial charge on any atom is 0.277 e. The Morgan fingerprint density at radius 2 is 1.71 bits per heavy atom. The molecule has 28 heavy (non-hydrogen) atoms. The summed E-state index contributed by atoms with van der Waals surface area (Å²) in [5.41, 5.74) is 2.77. The molecule has 4 rings (SSSR count). The number of para-hydroxylation sites is 1. The predicted molar refractivity (Wildman–Crippen MR) is 105 cm³/mol. The van der Waals surface area contributed by atoms with Crippen molar-refractivity contribution in [2.75, 3.05) is 10.2 Å². The lowest BCUT2D eigenvalue weighted by Crippen LogP contribution is -2.36. The molecule has 5 nitrogen and oxygen atoms in total. The van der Waals surface area contributed by atoms with Gasteiger partial charge in [-0.15, -0.1) is 0 Å². The van der Waals surface area contributed by atoms with Crippen molar-refractivity contribution >= 4 is 23.2 Å². The SMILES string of the molecule is CC1Cc2ccccc2N1C(=O)c1cccc(C(=O)Nc2ccc(F)cc2)n1. The Kier molecular flexibility index (Phi) is 4.61. The van der Waals surface area contributed by atoms with E-state index in [-0.39, 0.29) is 29.2 Å². The van der Waals surface area contributed by atoms with Gasteiger partial charge >= 0.3 is 0 Å². The minimum Gasteiger partial charge on any atom is -0.321 e. The molecule has 1 aliphatic rings. The summed E-state index contributed by atoms with van der Waals surface area (Å²) in [6.45, 7) is 1.99. The summed E-state index contributed by atoms with van der Waals surface area (Å²) in [7, 11) is 0.